The molecule has 28 heavy (non-hydrogen) atoms. The second-order valence-electron chi connectivity index (χ2n) is 9.57. The minimum absolute atomic E-state index is 1.07. The van der Waals surface area contributed by atoms with Crippen molar-refractivity contribution in [3.05, 3.63) is 96.4 Å². The number of allylic oxidation sites excluding steroid dienone is 4. The van der Waals surface area contributed by atoms with Gasteiger partial charge in [-0.15, -0.1) is 0 Å². The van der Waals surface area contributed by atoms with E-state index in [-0.39, 0.29) is 0 Å². The molecule has 0 saturated carbocycles. The van der Waals surface area contributed by atoms with E-state index in [2.05, 4.69) is 114 Å². The molecule has 0 nitrogen and oxygen atoms in total. The summed E-state index contributed by atoms with van der Waals surface area (Å²) >= 11 is 0. The summed E-state index contributed by atoms with van der Waals surface area (Å²) < 4.78 is 0. The molecule has 0 atom stereocenters. The average Bonchev–Trinajstić information content (AvgIpc) is 2.64. The normalized spacial score (nSPS) is 11.8. The number of rotatable bonds is 7. The monoisotopic (exact) mass is 402 g/mol. The van der Waals surface area contributed by atoms with Crippen LogP contribution < -0.4 is 0 Å². The van der Waals surface area contributed by atoms with Gasteiger partial charge < -0.3 is 0 Å². The summed E-state index contributed by atoms with van der Waals surface area (Å²) in [6.07, 6.45) is 0. The van der Waals surface area contributed by atoms with E-state index >= 15 is 0 Å². The summed E-state index contributed by atoms with van der Waals surface area (Å²) in [4.78, 5) is 0. The Balaban J connectivity index is 2.21. The van der Waals surface area contributed by atoms with Gasteiger partial charge in [0.25, 0.3) is 0 Å². The molecule has 2 aromatic carbocycles. The summed E-state index contributed by atoms with van der Waals surface area (Å²) in [5, 5.41) is 2.43. The molecule has 2 aromatic rings. The Hall–Kier alpha value is -2.17. The molecule has 0 spiro atoms. The first-order chi connectivity index (χ1) is 12.8. The summed E-state index contributed by atoms with van der Waals surface area (Å²) in [5.41, 5.74) is 6.87. The third-order valence-electron chi connectivity index (χ3n) is 5.34. The van der Waals surface area contributed by atoms with E-state index in [1.165, 1.54) is 21.5 Å². The van der Waals surface area contributed by atoms with E-state index in [0.717, 1.165) is 22.3 Å². The zero-order valence-corrected chi connectivity index (χ0v) is 20.4. The molecular weight excluding hydrogens is 368 g/mol. The van der Waals surface area contributed by atoms with Gasteiger partial charge in [-0.05, 0) is 33.4 Å². The maximum atomic E-state index is 4.29. The van der Waals surface area contributed by atoms with Gasteiger partial charge in [-0.2, -0.15) is 0 Å². The zero-order valence-electron chi connectivity index (χ0n) is 18.4. The molecule has 0 aliphatic rings. The van der Waals surface area contributed by atoms with Gasteiger partial charge in [0.1, 0.15) is 0 Å². The van der Waals surface area contributed by atoms with Crippen LogP contribution in [0.1, 0.15) is 11.1 Å². The first kappa shape index (κ1) is 22.1. The van der Waals surface area contributed by atoms with Crippen molar-refractivity contribution >= 4 is 27.3 Å². The van der Waals surface area contributed by atoms with E-state index in [9.17, 15) is 0 Å². The van der Waals surface area contributed by atoms with Crippen molar-refractivity contribution < 1.29 is 0 Å². The molecule has 0 aromatic heterocycles. The van der Waals surface area contributed by atoms with Crippen LogP contribution in [-0.2, 0) is 0 Å². The van der Waals surface area contributed by atoms with Crippen LogP contribution in [-0.4, -0.2) is 16.1 Å². The van der Waals surface area contributed by atoms with Crippen molar-refractivity contribution in [2.45, 2.75) is 39.3 Å². The Kier molecular flexibility index (Phi) is 6.37. The minimum Gasteiger partial charge on any atom is -0.0992 e. The maximum absolute atomic E-state index is 4.29. The molecule has 0 heterocycles. The van der Waals surface area contributed by atoms with Gasteiger partial charge in [0.2, 0.25) is 0 Å². The third-order valence-corrected chi connectivity index (χ3v) is 9.56. The number of hydrogen-bond acceptors (Lipinski definition) is 0. The highest BCUT2D eigenvalue weighted by Gasteiger charge is 2.21. The first-order valence-electron chi connectivity index (χ1n) is 9.81. The van der Waals surface area contributed by atoms with Gasteiger partial charge >= 0.3 is 0 Å². The van der Waals surface area contributed by atoms with E-state index in [4.69, 9.17) is 0 Å². The fraction of sp³-hybridized carbons (Fsp3) is 0.231. The molecule has 0 bridgehead atoms. The Bertz CT molecular complexity index is 833. The molecule has 0 fully saturated rings. The lowest BCUT2D eigenvalue weighted by molar-refractivity contribution is 1.55. The Morgan fingerprint density at radius 2 is 0.750 bits per heavy atom. The molecule has 0 unspecified atom stereocenters. The van der Waals surface area contributed by atoms with Crippen LogP contribution in [0, 0.1) is 0 Å². The van der Waals surface area contributed by atoms with Crippen molar-refractivity contribution in [1.29, 1.82) is 0 Å². The van der Waals surface area contributed by atoms with Crippen LogP contribution in [0.4, 0.5) is 0 Å². The summed E-state index contributed by atoms with van der Waals surface area (Å²) in [6, 6.07) is 17.3. The Morgan fingerprint density at radius 3 is 0.964 bits per heavy atom. The van der Waals surface area contributed by atoms with Gasteiger partial charge in [0.05, 0.1) is 16.1 Å². The van der Waals surface area contributed by atoms with Gasteiger partial charge in [-0.1, -0.05) is 125 Å². The molecule has 0 radical (unpaired) electrons. The molecule has 0 amide bonds. The molecule has 2 heteroatoms. The van der Waals surface area contributed by atoms with E-state index in [1.54, 1.807) is 0 Å². The quantitative estimate of drug-likeness (QED) is 0.323. The Labute approximate surface area is 174 Å². The molecule has 0 N–H and O–H groups in total. The summed E-state index contributed by atoms with van der Waals surface area (Å²) in [7, 11) is -2.86. The number of benzene rings is 2. The highest BCUT2D eigenvalue weighted by Crippen LogP contribution is 2.31. The zero-order chi connectivity index (χ0) is 21.3. The van der Waals surface area contributed by atoms with E-state index in [1.807, 2.05) is 0 Å². The second-order valence-corrected chi connectivity index (χ2v) is 19.8. The van der Waals surface area contributed by atoms with E-state index in [0.29, 0.717) is 0 Å². The van der Waals surface area contributed by atoms with Gasteiger partial charge in [-0.25, -0.2) is 0 Å². The first-order valence-corrected chi connectivity index (χ1v) is 16.8. The second kappa shape index (κ2) is 8.06. The fourth-order valence-corrected chi connectivity index (χ4v) is 5.08. The van der Waals surface area contributed by atoms with Crippen LogP contribution in [0.15, 0.2) is 85.2 Å². The predicted molar refractivity (Wildman–Crippen MR) is 135 cm³/mol. The molecule has 0 saturated heterocycles. The lowest BCUT2D eigenvalue weighted by atomic mass is 9.98. The largest absolute Gasteiger partial charge is 0.0992 e. The average molecular weight is 403 g/mol. The standard InChI is InChI=1S/C26H34Si2/c1-19(21(3)27(5,6)7)23-11-15-25(16-12-23)26-17-13-24(14-18-26)20(2)22(4)28(8,9)10/h11-18H,1-4H2,5-10H3. The van der Waals surface area contributed by atoms with Crippen LogP contribution >= 0.6 is 0 Å². The lowest BCUT2D eigenvalue weighted by Crippen LogP contribution is -2.23. The van der Waals surface area contributed by atoms with Crippen molar-refractivity contribution in [2.75, 3.05) is 0 Å². The van der Waals surface area contributed by atoms with Gasteiger partial charge in [0, 0.05) is 0 Å². The van der Waals surface area contributed by atoms with Gasteiger partial charge in [-0.3, -0.25) is 0 Å². The predicted octanol–water partition coefficient (Wildman–Crippen LogP) is 8.25. The smallest absolute Gasteiger partial charge is 0.0776 e. The fourth-order valence-electron chi connectivity index (χ4n) is 2.98. The molecule has 0 aliphatic heterocycles. The van der Waals surface area contributed by atoms with Crippen molar-refractivity contribution in [2.24, 2.45) is 0 Å². The van der Waals surface area contributed by atoms with Crippen molar-refractivity contribution in [1.82, 2.24) is 0 Å². The lowest BCUT2D eigenvalue weighted by Gasteiger charge is -2.22. The molecular formula is C26H34Si2. The van der Waals surface area contributed by atoms with Crippen LogP contribution in [0.3, 0.4) is 0 Å². The summed E-state index contributed by atoms with van der Waals surface area (Å²) in [5.74, 6) is 0. The SMILES string of the molecule is C=C(C(=C)[Si](C)(C)C)c1ccc(-c2ccc(C(=C)C(=C)[Si](C)(C)C)cc2)cc1. The van der Waals surface area contributed by atoms with Crippen molar-refractivity contribution in [3.8, 4) is 11.1 Å². The maximum Gasteiger partial charge on any atom is 0.0776 e. The highest BCUT2D eigenvalue weighted by atomic mass is 28.3. The number of hydrogen-bond donors (Lipinski definition) is 0. The highest BCUT2D eigenvalue weighted by molar-refractivity contribution is 6.85. The van der Waals surface area contributed by atoms with Crippen molar-refractivity contribution in [3.63, 3.8) is 0 Å². The van der Waals surface area contributed by atoms with Gasteiger partial charge in [0.15, 0.2) is 0 Å². The van der Waals surface area contributed by atoms with Crippen LogP contribution in [0.25, 0.3) is 22.3 Å². The van der Waals surface area contributed by atoms with E-state index < -0.39 is 16.1 Å². The Morgan fingerprint density at radius 1 is 0.500 bits per heavy atom. The van der Waals surface area contributed by atoms with Crippen LogP contribution in [0.2, 0.25) is 39.3 Å². The molecule has 146 valence electrons. The van der Waals surface area contributed by atoms with Crippen LogP contribution in [0.5, 0.6) is 0 Å². The summed E-state index contributed by atoms with van der Waals surface area (Å²) in [6.45, 7) is 31.0. The third kappa shape index (κ3) is 5.00. The molecule has 0 aliphatic carbocycles. The topological polar surface area (TPSA) is 0 Å². The minimum atomic E-state index is -1.43. The molecule has 2 rings (SSSR count).